The molecular weight excluding hydrogens is 232 g/mol. The lowest BCUT2D eigenvalue weighted by molar-refractivity contribution is 0.174. The van der Waals surface area contributed by atoms with Gasteiger partial charge in [0.25, 0.3) is 0 Å². The molecule has 1 aromatic rings. The second kappa shape index (κ2) is 3.83. The minimum Gasteiger partial charge on any atom is -0.454 e. The van der Waals surface area contributed by atoms with E-state index in [1.807, 2.05) is 30.4 Å². The smallest absolute Gasteiger partial charge is 0.231 e. The normalized spacial score (nSPS) is 13.9. The van der Waals surface area contributed by atoms with Crippen molar-refractivity contribution < 1.29 is 9.47 Å². The van der Waals surface area contributed by atoms with Gasteiger partial charge in [0.15, 0.2) is 11.5 Å². The van der Waals surface area contributed by atoms with Crippen LogP contribution in [0.4, 0.5) is 0 Å². The number of rotatable bonds is 2. The maximum Gasteiger partial charge on any atom is 0.231 e. The van der Waals surface area contributed by atoms with Crippen molar-refractivity contribution in [2.75, 3.05) is 12.1 Å². The minimum absolute atomic E-state index is 0.334. The fourth-order valence-corrected chi connectivity index (χ4v) is 1.38. The fraction of sp³-hybridized carbons (Fsp3) is 0.200. The van der Waals surface area contributed by atoms with Crippen LogP contribution in [0.25, 0.3) is 6.08 Å². The molecule has 0 saturated carbocycles. The molecule has 1 aliphatic heterocycles. The molecular formula is C10H9BrO2. The number of alkyl halides is 1. The van der Waals surface area contributed by atoms with Crippen LogP contribution in [0.3, 0.4) is 0 Å². The zero-order valence-corrected chi connectivity index (χ0v) is 8.58. The number of benzene rings is 1. The van der Waals surface area contributed by atoms with Gasteiger partial charge in [0.05, 0.1) is 0 Å². The van der Waals surface area contributed by atoms with Crippen molar-refractivity contribution in [3.05, 3.63) is 29.8 Å². The molecule has 0 atom stereocenters. The predicted octanol–water partition coefficient (Wildman–Crippen LogP) is 2.82. The van der Waals surface area contributed by atoms with Gasteiger partial charge in [-0.3, -0.25) is 0 Å². The van der Waals surface area contributed by atoms with E-state index >= 15 is 0 Å². The van der Waals surface area contributed by atoms with Crippen LogP contribution in [0, 0.1) is 0 Å². The molecule has 2 nitrogen and oxygen atoms in total. The zero-order valence-electron chi connectivity index (χ0n) is 7.00. The van der Waals surface area contributed by atoms with Gasteiger partial charge in [-0.15, -0.1) is 0 Å². The molecule has 0 unspecified atom stereocenters. The molecule has 0 aromatic heterocycles. The molecule has 0 fully saturated rings. The second-order valence-corrected chi connectivity index (χ2v) is 3.32. The molecule has 1 aromatic carbocycles. The average molecular weight is 241 g/mol. The van der Waals surface area contributed by atoms with Gasteiger partial charge in [-0.2, -0.15) is 0 Å². The van der Waals surface area contributed by atoms with Crippen LogP contribution in [0.1, 0.15) is 5.56 Å². The molecule has 0 spiro atoms. The zero-order chi connectivity index (χ0) is 9.10. The molecule has 68 valence electrons. The summed E-state index contributed by atoms with van der Waals surface area (Å²) in [5.74, 6) is 1.66. The van der Waals surface area contributed by atoms with Crippen molar-refractivity contribution in [3.8, 4) is 11.5 Å². The van der Waals surface area contributed by atoms with E-state index in [0.29, 0.717) is 6.79 Å². The van der Waals surface area contributed by atoms with E-state index in [4.69, 9.17) is 9.47 Å². The Hall–Kier alpha value is -0.960. The summed E-state index contributed by atoms with van der Waals surface area (Å²) in [6.45, 7) is 0.334. The van der Waals surface area contributed by atoms with E-state index < -0.39 is 0 Å². The average Bonchev–Trinajstić information content (AvgIpc) is 2.61. The molecule has 0 N–H and O–H groups in total. The number of ether oxygens (including phenoxy) is 2. The molecule has 13 heavy (non-hydrogen) atoms. The molecule has 0 radical (unpaired) electrons. The van der Waals surface area contributed by atoms with E-state index in [-0.39, 0.29) is 0 Å². The lowest BCUT2D eigenvalue weighted by Crippen LogP contribution is -1.92. The monoisotopic (exact) mass is 240 g/mol. The van der Waals surface area contributed by atoms with Crippen LogP contribution in [-0.2, 0) is 0 Å². The standard InChI is InChI=1S/C10H9BrO2/c11-5-1-2-8-3-4-9-10(6-8)13-7-12-9/h1-4,6H,5,7H2/b2-1+. The van der Waals surface area contributed by atoms with Crippen molar-refractivity contribution in [2.24, 2.45) is 0 Å². The largest absolute Gasteiger partial charge is 0.454 e. The van der Waals surface area contributed by atoms with Crippen molar-refractivity contribution in [1.82, 2.24) is 0 Å². The van der Waals surface area contributed by atoms with Gasteiger partial charge < -0.3 is 9.47 Å². The predicted molar refractivity (Wildman–Crippen MR) is 55.4 cm³/mol. The molecule has 0 amide bonds. The molecule has 1 heterocycles. The van der Waals surface area contributed by atoms with Gasteiger partial charge >= 0.3 is 0 Å². The van der Waals surface area contributed by atoms with Crippen LogP contribution in [0.2, 0.25) is 0 Å². The Labute approximate surface area is 85.3 Å². The molecule has 0 saturated heterocycles. The van der Waals surface area contributed by atoms with Gasteiger partial charge in [0, 0.05) is 5.33 Å². The first kappa shape index (κ1) is 8.63. The van der Waals surface area contributed by atoms with E-state index in [0.717, 1.165) is 22.4 Å². The van der Waals surface area contributed by atoms with Gasteiger partial charge in [-0.1, -0.05) is 34.1 Å². The first-order valence-electron chi connectivity index (χ1n) is 4.02. The van der Waals surface area contributed by atoms with Crippen molar-refractivity contribution in [1.29, 1.82) is 0 Å². The third-order valence-electron chi connectivity index (χ3n) is 1.80. The topological polar surface area (TPSA) is 18.5 Å². The fourth-order valence-electron chi connectivity index (χ4n) is 1.20. The quantitative estimate of drug-likeness (QED) is 0.741. The number of allylic oxidation sites excluding steroid dienone is 1. The SMILES string of the molecule is BrC/C=C/c1ccc2c(c1)OCO2. The van der Waals surface area contributed by atoms with Gasteiger partial charge in [-0.25, -0.2) is 0 Å². The molecule has 1 aliphatic rings. The van der Waals surface area contributed by atoms with Crippen molar-refractivity contribution in [2.45, 2.75) is 0 Å². The molecule has 3 heteroatoms. The maximum atomic E-state index is 5.25. The highest BCUT2D eigenvalue weighted by molar-refractivity contribution is 9.09. The summed E-state index contributed by atoms with van der Waals surface area (Å²) < 4.78 is 10.5. The Morgan fingerprint density at radius 3 is 3.00 bits per heavy atom. The summed E-state index contributed by atoms with van der Waals surface area (Å²) in [6.07, 6.45) is 4.08. The summed E-state index contributed by atoms with van der Waals surface area (Å²) in [6, 6.07) is 5.91. The Morgan fingerprint density at radius 2 is 2.15 bits per heavy atom. The van der Waals surface area contributed by atoms with E-state index in [2.05, 4.69) is 15.9 Å². The lowest BCUT2D eigenvalue weighted by Gasteiger charge is -1.96. The Bertz CT molecular complexity index is 334. The van der Waals surface area contributed by atoms with Crippen LogP contribution in [-0.4, -0.2) is 12.1 Å². The summed E-state index contributed by atoms with van der Waals surface area (Å²) in [7, 11) is 0. The van der Waals surface area contributed by atoms with E-state index in [9.17, 15) is 0 Å². The second-order valence-electron chi connectivity index (χ2n) is 2.67. The van der Waals surface area contributed by atoms with Crippen molar-refractivity contribution >= 4 is 22.0 Å². The minimum atomic E-state index is 0.334. The molecule has 2 rings (SSSR count). The summed E-state index contributed by atoms with van der Waals surface area (Å²) in [5.41, 5.74) is 1.13. The first-order valence-corrected chi connectivity index (χ1v) is 5.14. The van der Waals surface area contributed by atoms with Crippen LogP contribution in [0.5, 0.6) is 11.5 Å². The Balaban J connectivity index is 2.25. The van der Waals surface area contributed by atoms with Gasteiger partial charge in [0.1, 0.15) is 0 Å². The number of fused-ring (bicyclic) bond motifs is 1. The molecule has 0 bridgehead atoms. The highest BCUT2D eigenvalue weighted by Crippen LogP contribution is 2.32. The van der Waals surface area contributed by atoms with Crippen LogP contribution >= 0.6 is 15.9 Å². The lowest BCUT2D eigenvalue weighted by atomic mass is 10.2. The van der Waals surface area contributed by atoms with Gasteiger partial charge in [0.2, 0.25) is 6.79 Å². The van der Waals surface area contributed by atoms with Crippen LogP contribution < -0.4 is 9.47 Å². The summed E-state index contributed by atoms with van der Waals surface area (Å²) in [4.78, 5) is 0. The number of hydrogen-bond donors (Lipinski definition) is 0. The summed E-state index contributed by atoms with van der Waals surface area (Å²) >= 11 is 3.33. The maximum absolute atomic E-state index is 5.25. The van der Waals surface area contributed by atoms with E-state index in [1.165, 1.54) is 0 Å². The Kier molecular flexibility index (Phi) is 2.54. The Morgan fingerprint density at radius 1 is 1.31 bits per heavy atom. The third kappa shape index (κ3) is 1.86. The highest BCUT2D eigenvalue weighted by Gasteiger charge is 2.11. The first-order chi connectivity index (χ1) is 6.40. The third-order valence-corrected chi connectivity index (χ3v) is 2.17. The van der Waals surface area contributed by atoms with Crippen molar-refractivity contribution in [3.63, 3.8) is 0 Å². The number of hydrogen-bond acceptors (Lipinski definition) is 2. The van der Waals surface area contributed by atoms with Crippen LogP contribution in [0.15, 0.2) is 24.3 Å². The number of halogens is 1. The van der Waals surface area contributed by atoms with Gasteiger partial charge in [-0.05, 0) is 17.7 Å². The summed E-state index contributed by atoms with van der Waals surface area (Å²) in [5, 5.41) is 0.863. The highest BCUT2D eigenvalue weighted by atomic mass is 79.9. The molecule has 0 aliphatic carbocycles. The van der Waals surface area contributed by atoms with E-state index in [1.54, 1.807) is 0 Å².